The molecule has 1 radical (unpaired) electrons. The largest absolute Gasteiger partial charge is 0.275 e. The van der Waals surface area contributed by atoms with Gasteiger partial charge < -0.3 is 0 Å². The van der Waals surface area contributed by atoms with Crippen molar-refractivity contribution in [3.05, 3.63) is 41.0 Å². The number of halogens is 2. The molecule has 1 aromatic carbocycles. The van der Waals surface area contributed by atoms with Crippen molar-refractivity contribution in [3.63, 3.8) is 0 Å². The first-order valence-electron chi connectivity index (χ1n) is 4.64. The van der Waals surface area contributed by atoms with Crippen LogP contribution in [0.1, 0.15) is 5.56 Å². The van der Waals surface area contributed by atoms with Crippen molar-refractivity contribution in [1.29, 1.82) is 0 Å². The number of rotatable bonds is 4. The summed E-state index contributed by atoms with van der Waals surface area (Å²) in [6.07, 6.45) is 1.51. The highest BCUT2D eigenvalue weighted by Crippen LogP contribution is 2.18. The van der Waals surface area contributed by atoms with Gasteiger partial charge in [-0.25, -0.2) is 9.45 Å². The Morgan fingerprint density at radius 2 is 2.31 bits per heavy atom. The normalized spacial score (nSPS) is 10.2. The average Bonchev–Trinajstić information content (AvgIpc) is 2.29. The van der Waals surface area contributed by atoms with Crippen molar-refractivity contribution in [2.24, 2.45) is 0 Å². The second kappa shape index (κ2) is 5.82. The standard InChI is InChI=1S/C11H12ClFNO2/c1-14(16-2)10(15)7-6-8-4-3-5-9(12)11(8)13/h3-5,7H,6H2,1-2H3. The lowest BCUT2D eigenvalue weighted by Gasteiger charge is -2.13. The predicted octanol–water partition coefficient (Wildman–Crippen LogP) is 2.25. The van der Waals surface area contributed by atoms with E-state index in [9.17, 15) is 9.18 Å². The van der Waals surface area contributed by atoms with Crippen molar-refractivity contribution in [1.82, 2.24) is 5.06 Å². The fraction of sp³-hybridized carbons (Fsp3) is 0.273. The molecule has 0 spiro atoms. The van der Waals surface area contributed by atoms with E-state index in [0.717, 1.165) is 5.06 Å². The highest BCUT2D eigenvalue weighted by molar-refractivity contribution is 6.30. The summed E-state index contributed by atoms with van der Waals surface area (Å²) in [5, 5.41) is 1.11. The second-order valence-corrected chi connectivity index (χ2v) is 3.55. The number of hydroxylamine groups is 2. The second-order valence-electron chi connectivity index (χ2n) is 3.14. The molecule has 0 N–H and O–H groups in total. The van der Waals surface area contributed by atoms with Crippen LogP contribution in [0.25, 0.3) is 0 Å². The van der Waals surface area contributed by atoms with Crippen molar-refractivity contribution < 1.29 is 14.0 Å². The molecular weight excluding hydrogens is 233 g/mol. The Labute approximate surface area is 98.7 Å². The van der Waals surface area contributed by atoms with Gasteiger partial charge in [-0.2, -0.15) is 0 Å². The maximum Gasteiger partial charge on any atom is 0.250 e. The van der Waals surface area contributed by atoms with Crippen LogP contribution in [0, 0.1) is 12.2 Å². The number of nitrogens with zero attached hydrogens (tertiary/aromatic N) is 1. The lowest BCUT2D eigenvalue weighted by atomic mass is 10.1. The number of benzene rings is 1. The van der Waals surface area contributed by atoms with Gasteiger partial charge in [-0.1, -0.05) is 23.7 Å². The minimum Gasteiger partial charge on any atom is -0.275 e. The summed E-state index contributed by atoms with van der Waals surface area (Å²) in [6.45, 7) is 0. The van der Waals surface area contributed by atoms with Gasteiger partial charge in [0.25, 0.3) is 0 Å². The maximum atomic E-state index is 13.4. The van der Waals surface area contributed by atoms with Crippen LogP contribution < -0.4 is 0 Å². The van der Waals surface area contributed by atoms with E-state index in [1.165, 1.54) is 26.6 Å². The summed E-state index contributed by atoms with van der Waals surface area (Å²) < 4.78 is 13.4. The molecule has 1 aromatic rings. The number of carbonyl (C=O) groups excluding carboxylic acids is 1. The lowest BCUT2D eigenvalue weighted by Crippen LogP contribution is -2.26. The Kier molecular flexibility index (Phi) is 4.71. The Morgan fingerprint density at radius 1 is 1.62 bits per heavy atom. The number of amides is 1. The fourth-order valence-electron chi connectivity index (χ4n) is 1.12. The van der Waals surface area contributed by atoms with E-state index in [4.69, 9.17) is 11.6 Å². The molecule has 0 heterocycles. The molecule has 16 heavy (non-hydrogen) atoms. The van der Waals surface area contributed by atoms with Crippen molar-refractivity contribution in [2.75, 3.05) is 14.2 Å². The first-order valence-corrected chi connectivity index (χ1v) is 5.02. The van der Waals surface area contributed by atoms with Gasteiger partial charge in [0.2, 0.25) is 5.91 Å². The quantitative estimate of drug-likeness (QED) is 0.761. The first kappa shape index (κ1) is 12.9. The molecule has 0 aliphatic carbocycles. The van der Waals surface area contributed by atoms with E-state index >= 15 is 0 Å². The predicted molar refractivity (Wildman–Crippen MR) is 59.2 cm³/mol. The summed E-state index contributed by atoms with van der Waals surface area (Å²) >= 11 is 5.61. The number of hydrogen-bond donors (Lipinski definition) is 0. The summed E-state index contributed by atoms with van der Waals surface area (Å²) in [5.74, 6) is -0.824. The highest BCUT2D eigenvalue weighted by atomic mass is 35.5. The minimum atomic E-state index is -0.492. The topological polar surface area (TPSA) is 29.5 Å². The van der Waals surface area contributed by atoms with E-state index in [2.05, 4.69) is 4.84 Å². The van der Waals surface area contributed by atoms with Gasteiger partial charge in [-0.05, 0) is 18.1 Å². The molecule has 1 rings (SSSR count). The van der Waals surface area contributed by atoms with Crippen LogP contribution in [0.2, 0.25) is 5.02 Å². The third kappa shape index (κ3) is 3.18. The highest BCUT2D eigenvalue weighted by Gasteiger charge is 2.11. The molecule has 3 nitrogen and oxygen atoms in total. The van der Waals surface area contributed by atoms with Crippen molar-refractivity contribution in [3.8, 4) is 0 Å². The van der Waals surface area contributed by atoms with Gasteiger partial charge in [0.15, 0.2) is 0 Å². The monoisotopic (exact) mass is 244 g/mol. The van der Waals surface area contributed by atoms with Crippen LogP contribution in [0.5, 0.6) is 0 Å². The van der Waals surface area contributed by atoms with E-state index in [0.29, 0.717) is 5.56 Å². The lowest BCUT2D eigenvalue weighted by molar-refractivity contribution is -0.164. The molecule has 87 valence electrons. The zero-order valence-corrected chi connectivity index (χ0v) is 9.79. The minimum absolute atomic E-state index is 0.0541. The summed E-state index contributed by atoms with van der Waals surface area (Å²) in [7, 11) is 2.86. The Balaban J connectivity index is 2.61. The van der Waals surface area contributed by atoms with E-state index in [1.807, 2.05) is 0 Å². The molecule has 0 fully saturated rings. The van der Waals surface area contributed by atoms with Gasteiger partial charge in [0.05, 0.1) is 18.6 Å². The summed E-state index contributed by atoms with van der Waals surface area (Å²) in [4.78, 5) is 16.0. The van der Waals surface area contributed by atoms with Crippen LogP contribution in [0.4, 0.5) is 4.39 Å². The average molecular weight is 245 g/mol. The van der Waals surface area contributed by atoms with Gasteiger partial charge in [-0.15, -0.1) is 0 Å². The van der Waals surface area contributed by atoms with Crippen LogP contribution in [-0.2, 0) is 16.1 Å². The molecule has 0 atom stereocenters. The molecule has 0 aliphatic heterocycles. The molecular formula is C11H12ClFNO2. The van der Waals surface area contributed by atoms with Crippen LogP contribution >= 0.6 is 11.6 Å². The van der Waals surface area contributed by atoms with Crippen molar-refractivity contribution in [2.45, 2.75) is 6.42 Å². The number of hydrogen-bond acceptors (Lipinski definition) is 2. The summed E-state index contributed by atoms with van der Waals surface area (Å²) in [6, 6.07) is 4.68. The molecule has 0 saturated heterocycles. The zero-order valence-electron chi connectivity index (χ0n) is 9.04. The molecule has 0 saturated carbocycles. The van der Waals surface area contributed by atoms with Crippen LogP contribution in [0.3, 0.4) is 0 Å². The smallest absolute Gasteiger partial charge is 0.250 e. The third-order valence-electron chi connectivity index (χ3n) is 2.11. The zero-order chi connectivity index (χ0) is 12.1. The van der Waals surface area contributed by atoms with Gasteiger partial charge in [0.1, 0.15) is 5.82 Å². The Morgan fingerprint density at radius 3 is 2.94 bits per heavy atom. The van der Waals surface area contributed by atoms with Crippen LogP contribution in [-0.4, -0.2) is 25.1 Å². The molecule has 5 heteroatoms. The fourth-order valence-corrected chi connectivity index (χ4v) is 1.32. The van der Waals surface area contributed by atoms with E-state index < -0.39 is 5.82 Å². The SMILES string of the molecule is CON(C)C(=O)[CH]Cc1cccc(Cl)c1F. The molecule has 1 amide bonds. The van der Waals surface area contributed by atoms with Crippen LogP contribution in [0.15, 0.2) is 18.2 Å². The van der Waals surface area contributed by atoms with Crippen molar-refractivity contribution >= 4 is 17.5 Å². The molecule has 0 aliphatic rings. The molecule has 0 unspecified atom stereocenters. The Hall–Kier alpha value is -1.13. The molecule has 0 aromatic heterocycles. The van der Waals surface area contributed by atoms with Gasteiger partial charge in [0, 0.05) is 7.05 Å². The Bertz CT molecular complexity index is 384. The van der Waals surface area contributed by atoms with Gasteiger partial charge in [-0.3, -0.25) is 9.63 Å². The van der Waals surface area contributed by atoms with E-state index in [1.54, 1.807) is 12.1 Å². The third-order valence-corrected chi connectivity index (χ3v) is 2.40. The van der Waals surface area contributed by atoms with E-state index in [-0.39, 0.29) is 17.4 Å². The van der Waals surface area contributed by atoms with Gasteiger partial charge >= 0.3 is 0 Å². The maximum absolute atomic E-state index is 13.4. The summed E-state index contributed by atoms with van der Waals surface area (Å²) in [5.41, 5.74) is 0.380. The molecule has 0 bridgehead atoms. The first-order chi connectivity index (χ1) is 7.56. The number of carbonyl (C=O) groups is 1.